The Morgan fingerprint density at radius 2 is 1.83 bits per heavy atom. The van der Waals surface area contributed by atoms with Crippen molar-refractivity contribution in [2.24, 2.45) is 0 Å². The van der Waals surface area contributed by atoms with E-state index < -0.39 is 47.0 Å². The number of aliphatic hydroxyl groups is 3. The summed E-state index contributed by atoms with van der Waals surface area (Å²) in [5.74, 6) is -3.00. The van der Waals surface area contributed by atoms with Gasteiger partial charge in [-0.25, -0.2) is 15.0 Å². The minimum Gasteiger partial charge on any atom is -0.382 e. The second-order valence-electron chi connectivity index (χ2n) is 7.08. The van der Waals surface area contributed by atoms with Crippen LogP contribution in [-0.4, -0.2) is 75.6 Å². The molecule has 2 aromatic rings. The molecule has 1 unspecified atom stereocenters. The second kappa shape index (κ2) is 7.02. The first-order valence-electron chi connectivity index (χ1n) is 8.84. The highest BCUT2D eigenvalue weighted by Crippen LogP contribution is 2.49. The Labute approximate surface area is 170 Å². The van der Waals surface area contributed by atoms with E-state index in [2.05, 4.69) is 21.5 Å². The molecule has 0 aliphatic carbocycles. The first-order chi connectivity index (χ1) is 13.9. The Kier molecular flexibility index (Phi) is 5.07. The first-order valence-corrected chi connectivity index (χ1v) is 8.84. The summed E-state index contributed by atoms with van der Waals surface area (Å²) >= 11 is 0. The molecule has 30 heavy (non-hydrogen) atoms. The fourth-order valence-electron chi connectivity index (χ4n) is 3.73. The number of anilines is 1. The number of hydrogen-bond acceptors (Lipinski definition) is 11. The van der Waals surface area contributed by atoms with Gasteiger partial charge in [-0.3, -0.25) is 19.0 Å². The lowest BCUT2D eigenvalue weighted by Crippen LogP contribution is -2.67. The Bertz CT molecular complexity index is 1080. The van der Waals surface area contributed by atoms with Gasteiger partial charge in [0.2, 0.25) is 5.60 Å². The number of imidazole rings is 1. The zero-order valence-corrected chi connectivity index (χ0v) is 16.4. The molecule has 12 heteroatoms. The Hall–Kier alpha value is -3.06. The van der Waals surface area contributed by atoms with Crippen LogP contribution in [0.1, 0.15) is 32.8 Å². The number of nitrogen functional groups attached to an aromatic ring is 1. The molecular weight excluding hydrogens is 398 g/mol. The van der Waals surface area contributed by atoms with E-state index in [0.29, 0.717) is 0 Å². The summed E-state index contributed by atoms with van der Waals surface area (Å²) in [7, 11) is 0. The Morgan fingerprint density at radius 3 is 2.33 bits per heavy atom. The number of fused-ring (bicyclic) bond motifs is 1. The topological polar surface area (TPSA) is 191 Å². The summed E-state index contributed by atoms with van der Waals surface area (Å²) in [6.07, 6.45) is -3.44. The zero-order valence-electron chi connectivity index (χ0n) is 16.4. The average molecular weight is 419 g/mol. The van der Waals surface area contributed by atoms with Gasteiger partial charge in [0, 0.05) is 0 Å². The smallest absolute Gasteiger partial charge is 0.206 e. The second-order valence-corrected chi connectivity index (χ2v) is 7.08. The van der Waals surface area contributed by atoms with Crippen molar-refractivity contribution in [3.63, 3.8) is 0 Å². The molecule has 1 aliphatic heterocycles. The van der Waals surface area contributed by atoms with Crippen LogP contribution in [-0.2, 0) is 19.1 Å². The molecule has 1 saturated heterocycles. The molecule has 0 radical (unpaired) electrons. The van der Waals surface area contributed by atoms with Crippen LogP contribution in [0, 0.1) is 0 Å². The third-order valence-electron chi connectivity index (χ3n) is 5.35. The fraction of sp³-hybridized carbons (Fsp3) is 0.444. The van der Waals surface area contributed by atoms with Crippen LogP contribution in [0.3, 0.4) is 0 Å². The van der Waals surface area contributed by atoms with Crippen molar-refractivity contribution in [1.29, 1.82) is 0 Å². The summed E-state index contributed by atoms with van der Waals surface area (Å²) in [4.78, 5) is 48.9. The highest BCUT2D eigenvalue weighted by Gasteiger charge is 2.73. The van der Waals surface area contributed by atoms with Gasteiger partial charge in [0.15, 0.2) is 46.2 Å². The molecular formula is C18H21N5O7. The van der Waals surface area contributed by atoms with E-state index >= 15 is 0 Å². The maximum atomic E-state index is 12.6. The number of carbonyl (C=O) groups excluding carboxylic acids is 3. The van der Waals surface area contributed by atoms with Crippen molar-refractivity contribution in [1.82, 2.24) is 19.5 Å². The van der Waals surface area contributed by atoms with Crippen LogP contribution < -0.4 is 5.73 Å². The maximum absolute atomic E-state index is 12.6. The molecule has 160 valence electrons. The Balaban J connectivity index is 2.38. The summed E-state index contributed by atoms with van der Waals surface area (Å²) in [5.41, 5.74) is 0.0409. The van der Waals surface area contributed by atoms with Crippen LogP contribution in [0.25, 0.3) is 17.2 Å². The van der Waals surface area contributed by atoms with E-state index in [0.717, 1.165) is 31.7 Å². The van der Waals surface area contributed by atoms with Gasteiger partial charge in [0.05, 0.1) is 0 Å². The standard InChI is InChI=1S/C18H21N5O7/c1-5-10-22-11-14(19)20-6-21-15(11)23(10)16-18(29,9(4)26)17(28,8(3)25)13(30-16)12(27)7(2)24/h5-6,12-13,16,27-29H,1H2,2-4H3,(H2,19,20,21)/t12?,13-,16-,17-,18+/m1/s1. The highest BCUT2D eigenvalue weighted by molar-refractivity contribution is 6.00. The molecule has 5 atom stereocenters. The predicted octanol–water partition coefficient (Wildman–Crippen LogP) is -1.46. The molecule has 0 bridgehead atoms. The van der Waals surface area contributed by atoms with Gasteiger partial charge in [-0.15, -0.1) is 0 Å². The first kappa shape index (κ1) is 21.6. The molecule has 1 fully saturated rings. The third kappa shape index (κ3) is 2.61. The number of aliphatic hydroxyl groups excluding tert-OH is 1. The van der Waals surface area contributed by atoms with E-state index in [1.165, 1.54) is 6.08 Å². The lowest BCUT2D eigenvalue weighted by atomic mass is 9.73. The fourth-order valence-corrected chi connectivity index (χ4v) is 3.73. The van der Waals surface area contributed by atoms with Crippen LogP contribution in [0.5, 0.6) is 0 Å². The lowest BCUT2D eigenvalue weighted by molar-refractivity contribution is -0.184. The van der Waals surface area contributed by atoms with E-state index in [-0.39, 0.29) is 22.8 Å². The molecule has 3 rings (SSSR count). The number of carbonyl (C=O) groups is 3. The number of hydrogen-bond donors (Lipinski definition) is 4. The van der Waals surface area contributed by atoms with Crippen molar-refractivity contribution >= 4 is 40.4 Å². The van der Waals surface area contributed by atoms with Crippen molar-refractivity contribution < 1.29 is 34.4 Å². The van der Waals surface area contributed by atoms with E-state index in [9.17, 15) is 29.7 Å². The van der Waals surface area contributed by atoms with Gasteiger partial charge in [-0.05, 0) is 26.8 Å². The van der Waals surface area contributed by atoms with Gasteiger partial charge < -0.3 is 25.8 Å². The number of rotatable bonds is 6. The predicted molar refractivity (Wildman–Crippen MR) is 102 cm³/mol. The number of nitrogens with two attached hydrogens (primary N) is 1. The summed E-state index contributed by atoms with van der Waals surface area (Å²) < 4.78 is 6.73. The number of ether oxygens (including phenoxy) is 1. The van der Waals surface area contributed by atoms with Crippen LogP contribution in [0.4, 0.5) is 5.82 Å². The van der Waals surface area contributed by atoms with Crippen molar-refractivity contribution in [2.45, 2.75) is 50.4 Å². The lowest BCUT2D eigenvalue weighted by Gasteiger charge is -2.38. The van der Waals surface area contributed by atoms with Crippen LogP contribution >= 0.6 is 0 Å². The number of aromatic nitrogens is 4. The third-order valence-corrected chi connectivity index (χ3v) is 5.35. The number of ketones is 3. The summed E-state index contributed by atoms with van der Waals surface area (Å²) in [6, 6.07) is 0. The summed E-state index contributed by atoms with van der Waals surface area (Å²) in [5, 5.41) is 33.0. The largest absolute Gasteiger partial charge is 0.382 e. The van der Waals surface area contributed by atoms with Gasteiger partial charge >= 0.3 is 0 Å². The van der Waals surface area contributed by atoms with Gasteiger partial charge in [0.25, 0.3) is 0 Å². The molecule has 0 spiro atoms. The molecule has 0 saturated carbocycles. The monoisotopic (exact) mass is 419 g/mol. The van der Waals surface area contributed by atoms with Gasteiger partial charge in [-0.1, -0.05) is 6.58 Å². The normalized spacial score (nSPS) is 29.7. The van der Waals surface area contributed by atoms with Crippen LogP contribution in [0.2, 0.25) is 0 Å². The minimum absolute atomic E-state index is 0.00550. The van der Waals surface area contributed by atoms with E-state index in [1.54, 1.807) is 0 Å². The molecule has 5 N–H and O–H groups in total. The quantitative estimate of drug-likeness (QED) is 0.428. The zero-order chi connectivity index (χ0) is 22.6. The van der Waals surface area contributed by atoms with Gasteiger partial charge in [0.1, 0.15) is 24.4 Å². The average Bonchev–Trinajstić information content (AvgIpc) is 3.17. The molecule has 1 aliphatic rings. The highest BCUT2D eigenvalue weighted by atomic mass is 16.6. The van der Waals surface area contributed by atoms with Gasteiger partial charge in [-0.2, -0.15) is 0 Å². The molecule has 0 amide bonds. The SMILES string of the molecule is C=Cc1nc2c(N)ncnc2n1[C@@H]1O[C@H](C(O)C(C)=O)[C@](O)(C(C)=O)[C@]1(O)C(C)=O. The number of nitrogens with zero attached hydrogens (tertiary/aromatic N) is 4. The van der Waals surface area contributed by atoms with E-state index in [4.69, 9.17) is 10.5 Å². The molecule has 2 aromatic heterocycles. The molecule has 3 heterocycles. The van der Waals surface area contributed by atoms with Crippen molar-refractivity contribution in [2.75, 3.05) is 5.73 Å². The molecule has 12 nitrogen and oxygen atoms in total. The Morgan fingerprint density at radius 1 is 1.23 bits per heavy atom. The minimum atomic E-state index is -2.96. The molecule has 0 aromatic carbocycles. The maximum Gasteiger partial charge on any atom is 0.206 e. The van der Waals surface area contributed by atoms with E-state index in [1.807, 2.05) is 0 Å². The van der Waals surface area contributed by atoms with Crippen LogP contribution in [0.15, 0.2) is 12.9 Å². The number of Topliss-reactive ketones (excluding diaryl/α,β-unsaturated/α-hetero) is 3. The van der Waals surface area contributed by atoms with Crippen molar-refractivity contribution in [3.8, 4) is 0 Å². The van der Waals surface area contributed by atoms with Crippen molar-refractivity contribution in [3.05, 3.63) is 18.7 Å². The summed E-state index contributed by atoms with van der Waals surface area (Å²) in [6.45, 7) is 6.45.